The van der Waals surface area contributed by atoms with Crippen LogP contribution in [0.25, 0.3) is 0 Å². The Morgan fingerprint density at radius 2 is 2.19 bits per heavy atom. The standard InChI is InChI=1S/C10H14ClNO3S/c1-6-3-4-8-9(5-16(11,13)14)12-15-10(8)7(6)2/h6-7H,3-5H2,1-2H3. The molecule has 0 radical (unpaired) electrons. The van der Waals surface area contributed by atoms with Crippen molar-refractivity contribution in [2.75, 3.05) is 0 Å². The minimum atomic E-state index is -3.56. The number of hydrogen-bond acceptors (Lipinski definition) is 4. The van der Waals surface area contributed by atoms with Gasteiger partial charge in [-0.3, -0.25) is 0 Å². The van der Waals surface area contributed by atoms with Gasteiger partial charge in [-0.15, -0.1) is 0 Å². The monoisotopic (exact) mass is 263 g/mol. The average molecular weight is 264 g/mol. The third-order valence-electron chi connectivity index (χ3n) is 3.33. The van der Waals surface area contributed by atoms with E-state index in [0.717, 1.165) is 24.2 Å². The van der Waals surface area contributed by atoms with Crippen LogP contribution in [0.2, 0.25) is 0 Å². The first-order chi connectivity index (χ1) is 7.38. The van der Waals surface area contributed by atoms with E-state index in [0.29, 0.717) is 17.5 Å². The highest BCUT2D eigenvalue weighted by Crippen LogP contribution is 2.37. The van der Waals surface area contributed by atoms with Crippen LogP contribution < -0.4 is 0 Å². The second-order valence-corrected chi connectivity index (χ2v) is 7.24. The van der Waals surface area contributed by atoms with Gasteiger partial charge in [-0.1, -0.05) is 19.0 Å². The molecule has 1 aliphatic rings. The molecule has 6 heteroatoms. The second kappa shape index (κ2) is 4.04. The quantitative estimate of drug-likeness (QED) is 0.769. The highest BCUT2D eigenvalue weighted by Gasteiger charge is 2.30. The Bertz CT molecular complexity index is 494. The summed E-state index contributed by atoms with van der Waals surface area (Å²) in [6, 6.07) is 0. The van der Waals surface area contributed by atoms with Crippen molar-refractivity contribution >= 4 is 19.7 Å². The molecule has 2 unspecified atom stereocenters. The molecule has 0 saturated heterocycles. The summed E-state index contributed by atoms with van der Waals surface area (Å²) in [5, 5.41) is 3.83. The number of halogens is 1. The normalized spacial score (nSPS) is 25.4. The van der Waals surface area contributed by atoms with E-state index in [9.17, 15) is 8.42 Å². The molecule has 0 amide bonds. The lowest BCUT2D eigenvalue weighted by molar-refractivity contribution is 0.307. The fraction of sp³-hybridized carbons (Fsp3) is 0.700. The van der Waals surface area contributed by atoms with Crippen molar-refractivity contribution in [1.29, 1.82) is 0 Å². The van der Waals surface area contributed by atoms with Crippen LogP contribution >= 0.6 is 10.7 Å². The summed E-state index contributed by atoms with van der Waals surface area (Å²) < 4.78 is 27.3. The van der Waals surface area contributed by atoms with Crippen molar-refractivity contribution in [3.05, 3.63) is 17.0 Å². The largest absolute Gasteiger partial charge is 0.361 e. The third-order valence-corrected chi connectivity index (χ3v) is 4.27. The molecule has 1 aromatic heterocycles. The average Bonchev–Trinajstić information content (AvgIpc) is 2.53. The van der Waals surface area contributed by atoms with Crippen molar-refractivity contribution < 1.29 is 12.9 Å². The zero-order chi connectivity index (χ0) is 11.9. The molecule has 0 N–H and O–H groups in total. The fourth-order valence-corrected chi connectivity index (χ4v) is 3.00. The predicted octanol–water partition coefficient (Wildman–Crippen LogP) is 2.43. The summed E-state index contributed by atoms with van der Waals surface area (Å²) in [4.78, 5) is 0. The Morgan fingerprint density at radius 1 is 1.50 bits per heavy atom. The maximum atomic E-state index is 11.0. The molecule has 16 heavy (non-hydrogen) atoms. The van der Waals surface area contributed by atoms with E-state index in [1.807, 2.05) is 0 Å². The van der Waals surface area contributed by atoms with E-state index in [4.69, 9.17) is 15.2 Å². The van der Waals surface area contributed by atoms with Crippen LogP contribution in [0.15, 0.2) is 4.52 Å². The van der Waals surface area contributed by atoms with E-state index in [2.05, 4.69) is 19.0 Å². The molecule has 0 aromatic carbocycles. The van der Waals surface area contributed by atoms with Gasteiger partial charge in [0, 0.05) is 22.2 Å². The smallest absolute Gasteiger partial charge is 0.238 e. The van der Waals surface area contributed by atoms with Crippen LogP contribution in [-0.2, 0) is 21.2 Å². The molecule has 2 rings (SSSR count). The number of aromatic nitrogens is 1. The molecule has 0 aliphatic heterocycles. The first kappa shape index (κ1) is 11.9. The Hall–Kier alpha value is -0.550. The maximum absolute atomic E-state index is 11.0. The minimum absolute atomic E-state index is 0.242. The number of hydrogen-bond donors (Lipinski definition) is 0. The Labute approximate surface area is 99.4 Å². The molecule has 1 heterocycles. The highest BCUT2D eigenvalue weighted by molar-refractivity contribution is 8.13. The van der Waals surface area contributed by atoms with E-state index in [-0.39, 0.29) is 5.75 Å². The molecule has 2 atom stereocenters. The number of nitrogens with zero attached hydrogens (tertiary/aromatic N) is 1. The van der Waals surface area contributed by atoms with Gasteiger partial charge >= 0.3 is 0 Å². The summed E-state index contributed by atoms with van der Waals surface area (Å²) in [5.41, 5.74) is 1.42. The van der Waals surface area contributed by atoms with Crippen LogP contribution in [-0.4, -0.2) is 13.6 Å². The van der Waals surface area contributed by atoms with Crippen molar-refractivity contribution in [2.45, 2.75) is 38.4 Å². The van der Waals surface area contributed by atoms with Gasteiger partial charge in [0.1, 0.15) is 17.2 Å². The SMILES string of the molecule is CC1CCc2c(CS(=O)(=O)Cl)noc2C1C. The van der Waals surface area contributed by atoms with E-state index < -0.39 is 9.05 Å². The highest BCUT2D eigenvalue weighted by atomic mass is 35.7. The van der Waals surface area contributed by atoms with Gasteiger partial charge in [0.2, 0.25) is 9.05 Å². The van der Waals surface area contributed by atoms with Crippen molar-refractivity contribution in [2.24, 2.45) is 5.92 Å². The molecule has 90 valence electrons. The lowest BCUT2D eigenvalue weighted by atomic mass is 9.81. The molecule has 0 fully saturated rings. The summed E-state index contributed by atoms with van der Waals surface area (Å²) in [5.74, 6) is 1.42. The van der Waals surface area contributed by atoms with Gasteiger partial charge in [-0.25, -0.2) is 8.42 Å². The van der Waals surface area contributed by atoms with Gasteiger partial charge < -0.3 is 4.52 Å². The van der Waals surface area contributed by atoms with Crippen LogP contribution in [0.1, 0.15) is 43.2 Å². The summed E-state index contributed by atoms with van der Waals surface area (Å²) in [7, 11) is 1.66. The van der Waals surface area contributed by atoms with Gasteiger partial charge in [-0.2, -0.15) is 0 Å². The van der Waals surface area contributed by atoms with Gasteiger partial charge in [0.25, 0.3) is 0 Å². The summed E-state index contributed by atoms with van der Waals surface area (Å²) in [6.07, 6.45) is 1.86. The zero-order valence-electron chi connectivity index (χ0n) is 9.23. The van der Waals surface area contributed by atoms with Crippen LogP contribution in [0.4, 0.5) is 0 Å². The van der Waals surface area contributed by atoms with Crippen LogP contribution in [0, 0.1) is 5.92 Å². The topological polar surface area (TPSA) is 60.2 Å². The Morgan fingerprint density at radius 3 is 2.81 bits per heavy atom. The maximum Gasteiger partial charge on any atom is 0.238 e. The molecule has 4 nitrogen and oxygen atoms in total. The van der Waals surface area contributed by atoms with Crippen molar-refractivity contribution in [1.82, 2.24) is 5.16 Å². The molecular formula is C10H14ClNO3S. The first-order valence-corrected chi connectivity index (χ1v) is 7.76. The number of fused-ring (bicyclic) bond motifs is 1. The Balaban J connectivity index is 2.35. The molecule has 1 aliphatic carbocycles. The second-order valence-electron chi connectivity index (χ2n) is 4.46. The van der Waals surface area contributed by atoms with E-state index >= 15 is 0 Å². The zero-order valence-corrected chi connectivity index (χ0v) is 10.8. The van der Waals surface area contributed by atoms with Crippen LogP contribution in [0.5, 0.6) is 0 Å². The first-order valence-electron chi connectivity index (χ1n) is 5.28. The lowest BCUT2D eigenvalue weighted by Crippen LogP contribution is -2.15. The number of rotatable bonds is 2. The molecule has 0 saturated carbocycles. The Kier molecular flexibility index (Phi) is 3.01. The predicted molar refractivity (Wildman–Crippen MR) is 60.9 cm³/mol. The van der Waals surface area contributed by atoms with Gasteiger partial charge in [0.05, 0.1) is 0 Å². The molecule has 0 spiro atoms. The summed E-state index contributed by atoms with van der Waals surface area (Å²) >= 11 is 0. The van der Waals surface area contributed by atoms with Crippen molar-refractivity contribution in [3.8, 4) is 0 Å². The minimum Gasteiger partial charge on any atom is -0.361 e. The molecule has 1 aromatic rings. The van der Waals surface area contributed by atoms with Crippen molar-refractivity contribution in [3.63, 3.8) is 0 Å². The fourth-order valence-electron chi connectivity index (χ4n) is 2.14. The van der Waals surface area contributed by atoms with E-state index in [1.54, 1.807) is 0 Å². The van der Waals surface area contributed by atoms with Crippen LogP contribution in [0.3, 0.4) is 0 Å². The lowest BCUT2D eigenvalue weighted by Gasteiger charge is -2.23. The summed E-state index contributed by atoms with van der Waals surface area (Å²) in [6.45, 7) is 4.24. The molecular weight excluding hydrogens is 250 g/mol. The molecule has 0 bridgehead atoms. The van der Waals surface area contributed by atoms with E-state index in [1.165, 1.54) is 0 Å². The van der Waals surface area contributed by atoms with Gasteiger partial charge in [0.15, 0.2) is 0 Å². The third kappa shape index (κ3) is 2.25. The van der Waals surface area contributed by atoms with Gasteiger partial charge in [-0.05, 0) is 18.8 Å².